The number of carbonyl (C=O) groups is 1. The van der Waals surface area contributed by atoms with Crippen LogP contribution in [0.1, 0.15) is 48.6 Å². The fourth-order valence-corrected chi connectivity index (χ4v) is 5.15. The summed E-state index contributed by atoms with van der Waals surface area (Å²) < 4.78 is 33.4. The molecule has 0 bridgehead atoms. The first-order chi connectivity index (χ1) is 18.4. The molecule has 0 radical (unpaired) electrons. The number of halogens is 2. The number of fused-ring (bicyclic) bond motifs is 1. The second kappa shape index (κ2) is 12.0. The van der Waals surface area contributed by atoms with E-state index >= 15 is 0 Å². The van der Waals surface area contributed by atoms with Crippen molar-refractivity contribution in [1.29, 1.82) is 0 Å². The number of phenolic OH excluding ortho intramolecular Hbond substituents is 1. The van der Waals surface area contributed by atoms with E-state index in [1.807, 2.05) is 48.5 Å². The van der Waals surface area contributed by atoms with Gasteiger partial charge in [0.1, 0.15) is 28.9 Å². The normalized spacial score (nSPS) is 12.7. The van der Waals surface area contributed by atoms with Crippen molar-refractivity contribution >= 4 is 11.4 Å². The van der Waals surface area contributed by atoms with Crippen LogP contribution < -0.4 is 4.74 Å². The van der Waals surface area contributed by atoms with Crippen molar-refractivity contribution < 1.29 is 23.4 Å². The molecule has 1 aliphatic carbocycles. The van der Waals surface area contributed by atoms with Crippen LogP contribution in [0.25, 0.3) is 16.7 Å². The predicted molar refractivity (Wildman–Crippen MR) is 150 cm³/mol. The van der Waals surface area contributed by atoms with Crippen molar-refractivity contribution in [3.8, 4) is 22.6 Å². The zero-order valence-corrected chi connectivity index (χ0v) is 21.0. The summed E-state index contributed by atoms with van der Waals surface area (Å²) in [6.45, 7) is 0. The molecule has 1 aliphatic rings. The lowest BCUT2D eigenvalue weighted by molar-refractivity contribution is -0.118. The van der Waals surface area contributed by atoms with Crippen LogP contribution in [-0.4, -0.2) is 23.0 Å². The number of pyridine rings is 1. The highest BCUT2D eigenvalue weighted by Gasteiger charge is 2.24. The van der Waals surface area contributed by atoms with Crippen LogP contribution in [0.2, 0.25) is 0 Å². The van der Waals surface area contributed by atoms with E-state index in [-0.39, 0.29) is 38.2 Å². The maximum absolute atomic E-state index is 14.0. The lowest BCUT2D eigenvalue weighted by Crippen LogP contribution is -2.13. The highest BCUT2D eigenvalue weighted by molar-refractivity contribution is 5.92. The van der Waals surface area contributed by atoms with E-state index < -0.39 is 17.6 Å². The molecule has 0 fully saturated rings. The number of Topliss-reactive ketones (excluding diaryl/α,β-unsaturated/α-hetero) is 1. The first-order valence-electron chi connectivity index (χ1n) is 12.5. The molecule has 1 heterocycles. The molecule has 4 nitrogen and oxygen atoms in total. The number of hydrogen-bond donors (Lipinski definition) is 1. The Balaban J connectivity index is 0.00000353. The summed E-state index contributed by atoms with van der Waals surface area (Å²) in [6.07, 6.45) is 5.00. The van der Waals surface area contributed by atoms with Crippen LogP contribution in [0.3, 0.4) is 0 Å². The van der Waals surface area contributed by atoms with Crippen molar-refractivity contribution in [2.75, 3.05) is 7.11 Å². The molecule has 0 amide bonds. The summed E-state index contributed by atoms with van der Waals surface area (Å²) in [7, 11) is 1.60. The van der Waals surface area contributed by atoms with Crippen molar-refractivity contribution in [1.82, 2.24) is 4.98 Å². The Labute approximate surface area is 227 Å². The third-order valence-corrected chi connectivity index (χ3v) is 6.90. The van der Waals surface area contributed by atoms with Crippen LogP contribution in [0, 0.1) is 11.6 Å². The van der Waals surface area contributed by atoms with Gasteiger partial charge in [0.25, 0.3) is 0 Å². The smallest absolute Gasteiger partial charge is 0.137 e. The topological polar surface area (TPSA) is 59.4 Å². The molecule has 0 spiro atoms. The molecule has 1 aromatic heterocycles. The number of aromatic nitrogens is 1. The number of nitrogens with zero attached hydrogens (tertiary/aromatic N) is 1. The maximum Gasteiger partial charge on any atom is 0.137 e. The van der Waals surface area contributed by atoms with Crippen molar-refractivity contribution in [2.24, 2.45) is 0 Å². The molecule has 3 aromatic carbocycles. The highest BCUT2D eigenvalue weighted by Crippen LogP contribution is 2.36. The van der Waals surface area contributed by atoms with Gasteiger partial charge in [-0.05, 0) is 83.1 Å². The Morgan fingerprint density at radius 2 is 1.74 bits per heavy atom. The van der Waals surface area contributed by atoms with Gasteiger partial charge in [0.2, 0.25) is 0 Å². The second-order valence-corrected chi connectivity index (χ2v) is 9.54. The average molecular weight is 528 g/mol. The Morgan fingerprint density at radius 1 is 1.00 bits per heavy atom. The maximum atomic E-state index is 14.0. The minimum Gasteiger partial charge on any atom is -0.508 e. The zero-order valence-electron chi connectivity index (χ0n) is 21.0. The zero-order chi connectivity index (χ0) is 26.6. The molecule has 6 heteroatoms. The number of aromatic hydroxyl groups is 1. The first kappa shape index (κ1) is 27.7. The van der Waals surface area contributed by atoms with Gasteiger partial charge < -0.3 is 9.84 Å². The number of ether oxygens (including phenoxy) is 1. The molecule has 1 N–H and O–H groups in total. The lowest BCUT2D eigenvalue weighted by atomic mass is 9.85. The summed E-state index contributed by atoms with van der Waals surface area (Å²) >= 11 is 0. The molecule has 0 aliphatic heterocycles. The third-order valence-electron chi connectivity index (χ3n) is 6.90. The van der Waals surface area contributed by atoms with Gasteiger partial charge in [-0.3, -0.25) is 9.78 Å². The van der Waals surface area contributed by atoms with Crippen LogP contribution in [0.15, 0.2) is 85.1 Å². The van der Waals surface area contributed by atoms with Gasteiger partial charge in [-0.2, -0.15) is 0 Å². The molecule has 5 rings (SSSR count). The molecule has 0 unspecified atom stereocenters. The Bertz CT molecular complexity index is 1490. The number of ketones is 1. The standard InChI is InChI=1S/C32H27F2NO3.CH4/c1-38-29-10-7-21(8-11-29)30-3-2-12-35-32(30)24(13-20-14-25(33)18-26(34)15-20)17-28(37)16-23-5-4-22-6-9-27(36)19-31(22)23;/h2-3,5-12,14-15,18-19,24,36H,4,13,16-17H2,1H3;1H4/t24-;/m1./s1. The predicted octanol–water partition coefficient (Wildman–Crippen LogP) is 7.69. The fourth-order valence-electron chi connectivity index (χ4n) is 5.15. The van der Waals surface area contributed by atoms with Gasteiger partial charge in [-0.1, -0.05) is 37.8 Å². The van der Waals surface area contributed by atoms with Crippen LogP contribution in [0.5, 0.6) is 11.5 Å². The number of phenols is 1. The van der Waals surface area contributed by atoms with Crippen molar-refractivity contribution in [2.45, 2.75) is 39.0 Å². The van der Waals surface area contributed by atoms with Gasteiger partial charge in [-0.25, -0.2) is 8.78 Å². The van der Waals surface area contributed by atoms with E-state index in [2.05, 4.69) is 4.98 Å². The van der Waals surface area contributed by atoms with E-state index in [4.69, 9.17) is 4.74 Å². The van der Waals surface area contributed by atoms with Crippen molar-refractivity contribution in [3.05, 3.63) is 119 Å². The summed E-state index contributed by atoms with van der Waals surface area (Å²) in [5, 5.41) is 9.93. The molecule has 1 atom stereocenters. The van der Waals surface area contributed by atoms with Gasteiger partial charge in [0.15, 0.2) is 0 Å². The number of rotatable bonds is 9. The second-order valence-electron chi connectivity index (χ2n) is 9.54. The van der Waals surface area contributed by atoms with Crippen LogP contribution >= 0.6 is 0 Å². The van der Waals surface area contributed by atoms with Gasteiger partial charge >= 0.3 is 0 Å². The number of methoxy groups -OCH3 is 1. The van der Waals surface area contributed by atoms with Gasteiger partial charge in [-0.15, -0.1) is 0 Å². The highest BCUT2D eigenvalue weighted by atomic mass is 19.1. The SMILES string of the molecule is C.COc1ccc(-c2cccnc2[C@@H](CC(=O)CC2=CCc3ccc(O)cc32)Cc2cc(F)cc(F)c2)cc1. The number of hydrogen-bond acceptors (Lipinski definition) is 4. The molecule has 0 saturated carbocycles. The Morgan fingerprint density at radius 3 is 2.46 bits per heavy atom. The summed E-state index contributed by atoms with van der Waals surface area (Å²) in [6, 6.07) is 20.0. The molecule has 200 valence electrons. The van der Waals surface area contributed by atoms with E-state index in [1.165, 1.54) is 12.1 Å². The minimum absolute atomic E-state index is 0. The minimum atomic E-state index is -0.658. The average Bonchev–Trinajstić information content (AvgIpc) is 3.29. The molecular formula is C33H31F2NO3. The molecule has 39 heavy (non-hydrogen) atoms. The summed E-state index contributed by atoms with van der Waals surface area (Å²) in [4.78, 5) is 18.1. The van der Waals surface area contributed by atoms with Crippen LogP contribution in [-0.2, 0) is 17.6 Å². The van der Waals surface area contributed by atoms with E-state index in [1.54, 1.807) is 25.4 Å². The van der Waals surface area contributed by atoms with E-state index in [0.29, 0.717) is 17.7 Å². The van der Waals surface area contributed by atoms with Gasteiger partial charge in [0, 0.05) is 36.6 Å². The van der Waals surface area contributed by atoms with E-state index in [9.17, 15) is 18.7 Å². The van der Waals surface area contributed by atoms with Gasteiger partial charge in [0.05, 0.1) is 12.8 Å². The van der Waals surface area contributed by atoms with Crippen LogP contribution in [0.4, 0.5) is 8.78 Å². The summed E-state index contributed by atoms with van der Waals surface area (Å²) in [5.74, 6) is -0.860. The molecular weight excluding hydrogens is 496 g/mol. The fraction of sp³-hybridized carbons (Fsp3) is 0.212. The molecule has 4 aromatic rings. The number of carbonyl (C=O) groups excluding carboxylic acids is 1. The van der Waals surface area contributed by atoms with E-state index in [0.717, 1.165) is 39.6 Å². The largest absolute Gasteiger partial charge is 0.508 e. The Hall–Kier alpha value is -4.32. The van der Waals surface area contributed by atoms with Crippen molar-refractivity contribution in [3.63, 3.8) is 0 Å². The summed E-state index contributed by atoms with van der Waals surface area (Å²) in [5.41, 5.74) is 5.74. The lowest BCUT2D eigenvalue weighted by Gasteiger charge is -2.20. The third kappa shape index (κ3) is 6.40. The monoisotopic (exact) mass is 527 g/mol. The number of benzene rings is 3. The Kier molecular flexibility index (Phi) is 8.55. The quantitative estimate of drug-likeness (QED) is 0.242. The number of allylic oxidation sites excluding steroid dienone is 2. The molecule has 0 saturated heterocycles. The first-order valence-corrected chi connectivity index (χ1v) is 12.5.